The second-order valence-electron chi connectivity index (χ2n) is 6.09. The molecule has 108 valence electrons. The zero-order valence-corrected chi connectivity index (χ0v) is 13.1. The summed E-state index contributed by atoms with van der Waals surface area (Å²) >= 11 is 0. The molecule has 1 aliphatic carbocycles. The molecule has 0 bridgehead atoms. The summed E-state index contributed by atoms with van der Waals surface area (Å²) < 4.78 is 0. The summed E-state index contributed by atoms with van der Waals surface area (Å²) in [5, 5.41) is 0. The summed E-state index contributed by atoms with van der Waals surface area (Å²) in [6.07, 6.45) is 18.9. The van der Waals surface area contributed by atoms with Gasteiger partial charge in [-0.05, 0) is 55.7 Å². The topological polar surface area (TPSA) is 17.1 Å². The molecule has 0 aliphatic heterocycles. The average Bonchev–Trinajstić information content (AvgIpc) is 2.37. The standard InChI is InChI=1S/C19H26O/c1-16(8-7-9-17(2)13-15-20)11-12-18-10-5-6-14-19(18,3)4/h7-13,15H,5-6,14H2,1-4H3/b9-7+,12-11+,16-8-,17-13+. The van der Waals surface area contributed by atoms with Crippen molar-refractivity contribution in [2.45, 2.75) is 47.0 Å². The van der Waals surface area contributed by atoms with E-state index in [1.165, 1.54) is 30.4 Å². The summed E-state index contributed by atoms with van der Waals surface area (Å²) in [6, 6.07) is 0. The molecule has 0 aromatic rings. The molecule has 0 aromatic heterocycles. The molecule has 0 heterocycles. The quantitative estimate of drug-likeness (QED) is 0.375. The number of hydrogen-bond donors (Lipinski definition) is 0. The van der Waals surface area contributed by atoms with Gasteiger partial charge in [-0.2, -0.15) is 0 Å². The van der Waals surface area contributed by atoms with Crippen molar-refractivity contribution in [2.24, 2.45) is 5.41 Å². The van der Waals surface area contributed by atoms with Gasteiger partial charge >= 0.3 is 0 Å². The molecule has 0 spiro atoms. The molecule has 0 N–H and O–H groups in total. The minimum Gasteiger partial charge on any atom is -0.299 e. The number of hydrogen-bond acceptors (Lipinski definition) is 1. The van der Waals surface area contributed by atoms with E-state index in [2.05, 4.69) is 45.1 Å². The summed E-state index contributed by atoms with van der Waals surface area (Å²) in [5.41, 5.74) is 3.91. The summed E-state index contributed by atoms with van der Waals surface area (Å²) in [7, 11) is 0. The molecule has 0 fully saturated rings. The van der Waals surface area contributed by atoms with Crippen LogP contribution in [0.5, 0.6) is 0 Å². The van der Waals surface area contributed by atoms with E-state index < -0.39 is 0 Å². The maximum atomic E-state index is 10.3. The first-order chi connectivity index (χ1) is 9.45. The fourth-order valence-electron chi connectivity index (χ4n) is 2.31. The third-order valence-electron chi connectivity index (χ3n) is 3.73. The van der Waals surface area contributed by atoms with Crippen molar-refractivity contribution in [3.05, 3.63) is 59.3 Å². The van der Waals surface area contributed by atoms with Crippen LogP contribution in [0.15, 0.2) is 59.3 Å². The third-order valence-corrected chi connectivity index (χ3v) is 3.73. The van der Waals surface area contributed by atoms with Gasteiger partial charge in [-0.3, -0.25) is 4.79 Å². The van der Waals surface area contributed by atoms with Crippen LogP contribution in [0.1, 0.15) is 47.0 Å². The number of carbonyl (C=O) groups is 1. The minimum absolute atomic E-state index is 0.300. The van der Waals surface area contributed by atoms with Gasteiger partial charge in [0.15, 0.2) is 0 Å². The van der Waals surface area contributed by atoms with Gasteiger partial charge in [0.2, 0.25) is 0 Å². The Balaban J connectivity index is 2.68. The van der Waals surface area contributed by atoms with Crippen molar-refractivity contribution >= 4 is 6.29 Å². The maximum absolute atomic E-state index is 10.3. The number of rotatable bonds is 5. The Morgan fingerprint density at radius 1 is 1.15 bits per heavy atom. The van der Waals surface area contributed by atoms with E-state index in [4.69, 9.17) is 0 Å². The van der Waals surface area contributed by atoms with E-state index in [9.17, 15) is 4.79 Å². The van der Waals surface area contributed by atoms with E-state index in [1.54, 1.807) is 6.08 Å². The summed E-state index contributed by atoms with van der Waals surface area (Å²) in [4.78, 5) is 10.3. The molecule has 0 aromatic carbocycles. The molecular formula is C19H26O. The van der Waals surface area contributed by atoms with Crippen LogP contribution in [0.3, 0.4) is 0 Å². The molecule has 20 heavy (non-hydrogen) atoms. The maximum Gasteiger partial charge on any atom is 0.143 e. The van der Waals surface area contributed by atoms with Crippen LogP contribution < -0.4 is 0 Å². The first-order valence-corrected chi connectivity index (χ1v) is 7.31. The molecular weight excluding hydrogens is 244 g/mol. The fourth-order valence-corrected chi connectivity index (χ4v) is 2.31. The van der Waals surface area contributed by atoms with Crippen molar-refractivity contribution in [2.75, 3.05) is 0 Å². The van der Waals surface area contributed by atoms with Crippen molar-refractivity contribution in [1.82, 2.24) is 0 Å². The monoisotopic (exact) mass is 270 g/mol. The molecule has 1 aliphatic rings. The molecule has 0 unspecified atom stereocenters. The lowest BCUT2D eigenvalue weighted by atomic mass is 9.75. The van der Waals surface area contributed by atoms with Crippen LogP contribution in [0, 0.1) is 5.41 Å². The molecule has 1 nitrogen and oxygen atoms in total. The van der Waals surface area contributed by atoms with E-state index in [-0.39, 0.29) is 0 Å². The third kappa shape index (κ3) is 5.56. The number of allylic oxidation sites excluding steroid dienone is 10. The van der Waals surface area contributed by atoms with E-state index in [0.717, 1.165) is 11.9 Å². The zero-order valence-electron chi connectivity index (χ0n) is 13.1. The zero-order chi connectivity index (χ0) is 15.0. The highest BCUT2D eigenvalue weighted by molar-refractivity contribution is 5.66. The lowest BCUT2D eigenvalue weighted by Gasteiger charge is -2.30. The van der Waals surface area contributed by atoms with Crippen LogP contribution in [0.4, 0.5) is 0 Å². The molecule has 0 radical (unpaired) electrons. The van der Waals surface area contributed by atoms with Crippen molar-refractivity contribution in [3.8, 4) is 0 Å². The largest absolute Gasteiger partial charge is 0.299 e. The lowest BCUT2D eigenvalue weighted by Crippen LogP contribution is -2.16. The Morgan fingerprint density at radius 3 is 2.50 bits per heavy atom. The predicted octanol–water partition coefficient (Wildman–Crippen LogP) is 5.33. The minimum atomic E-state index is 0.300. The fraction of sp³-hybridized carbons (Fsp3) is 0.421. The first kappa shape index (κ1) is 16.4. The van der Waals surface area contributed by atoms with Gasteiger partial charge in [-0.25, -0.2) is 0 Å². The second-order valence-corrected chi connectivity index (χ2v) is 6.09. The van der Waals surface area contributed by atoms with Crippen molar-refractivity contribution in [3.63, 3.8) is 0 Å². The van der Waals surface area contributed by atoms with Crippen molar-refractivity contribution in [1.29, 1.82) is 0 Å². The van der Waals surface area contributed by atoms with E-state index >= 15 is 0 Å². The SMILES string of the molecule is CC(=C/C=C/C(C)=C/C=O)/C=C/C1=CCCCC1(C)C. The highest BCUT2D eigenvalue weighted by Gasteiger charge is 2.23. The van der Waals surface area contributed by atoms with Gasteiger partial charge < -0.3 is 0 Å². The smallest absolute Gasteiger partial charge is 0.143 e. The van der Waals surface area contributed by atoms with Gasteiger partial charge in [0.05, 0.1) is 0 Å². The van der Waals surface area contributed by atoms with Crippen LogP contribution >= 0.6 is 0 Å². The Morgan fingerprint density at radius 2 is 1.85 bits per heavy atom. The molecule has 0 atom stereocenters. The molecule has 0 saturated heterocycles. The average molecular weight is 270 g/mol. The van der Waals surface area contributed by atoms with Gasteiger partial charge in [-0.1, -0.05) is 55.9 Å². The Bertz CT molecular complexity index is 482. The summed E-state index contributed by atoms with van der Waals surface area (Å²) in [5.74, 6) is 0. The van der Waals surface area contributed by atoms with Crippen molar-refractivity contribution < 1.29 is 4.79 Å². The Labute approximate surface area is 123 Å². The van der Waals surface area contributed by atoms with E-state index in [1.807, 2.05) is 19.1 Å². The molecule has 1 heteroatoms. The van der Waals surface area contributed by atoms with Crippen LogP contribution in [0.2, 0.25) is 0 Å². The van der Waals surface area contributed by atoms with Gasteiger partial charge in [0, 0.05) is 0 Å². The summed E-state index contributed by atoms with van der Waals surface area (Å²) in [6.45, 7) is 8.64. The Kier molecular flexibility index (Phi) is 6.44. The highest BCUT2D eigenvalue weighted by Crippen LogP contribution is 2.37. The van der Waals surface area contributed by atoms with Gasteiger partial charge in [-0.15, -0.1) is 0 Å². The molecule has 1 rings (SSSR count). The molecule has 0 saturated carbocycles. The van der Waals surface area contributed by atoms with Gasteiger partial charge in [0.1, 0.15) is 6.29 Å². The highest BCUT2D eigenvalue weighted by atomic mass is 16.1. The lowest BCUT2D eigenvalue weighted by molar-refractivity contribution is -0.104. The molecule has 0 amide bonds. The van der Waals surface area contributed by atoms with Gasteiger partial charge in [0.25, 0.3) is 0 Å². The van der Waals surface area contributed by atoms with E-state index in [0.29, 0.717) is 5.41 Å². The normalized spacial score (nSPS) is 20.5. The number of carbonyl (C=O) groups excluding carboxylic acids is 1. The number of aldehydes is 1. The Hall–Kier alpha value is -1.63. The second kappa shape index (κ2) is 7.84. The van der Waals surface area contributed by atoms with Crippen LogP contribution in [0.25, 0.3) is 0 Å². The first-order valence-electron chi connectivity index (χ1n) is 7.31. The predicted molar refractivity (Wildman–Crippen MR) is 87.6 cm³/mol. The van der Waals surface area contributed by atoms with Crippen LogP contribution in [-0.2, 0) is 4.79 Å². The van der Waals surface area contributed by atoms with Crippen LogP contribution in [-0.4, -0.2) is 6.29 Å².